The van der Waals surface area contributed by atoms with Crippen molar-refractivity contribution in [2.75, 3.05) is 40.4 Å². The van der Waals surface area contributed by atoms with Crippen LogP contribution in [0.15, 0.2) is 0 Å². The first-order chi connectivity index (χ1) is 8.47. The van der Waals surface area contributed by atoms with Gasteiger partial charge in [0.1, 0.15) is 0 Å². The third-order valence-electron chi connectivity index (χ3n) is 4.24. The molecule has 1 heterocycles. The number of rotatable bonds is 6. The molecule has 108 valence electrons. The van der Waals surface area contributed by atoms with Gasteiger partial charge in [0.25, 0.3) is 0 Å². The first-order valence-electron chi connectivity index (χ1n) is 7.36. The van der Waals surface area contributed by atoms with Gasteiger partial charge in [-0.15, -0.1) is 0 Å². The van der Waals surface area contributed by atoms with Gasteiger partial charge in [0.2, 0.25) is 0 Å². The van der Waals surface area contributed by atoms with Crippen molar-refractivity contribution in [3.63, 3.8) is 0 Å². The first kappa shape index (κ1) is 15.9. The quantitative estimate of drug-likeness (QED) is 0.789. The summed E-state index contributed by atoms with van der Waals surface area (Å²) in [6.45, 7) is 11.6. The first-order valence-corrected chi connectivity index (χ1v) is 7.36. The van der Waals surface area contributed by atoms with Crippen molar-refractivity contribution < 1.29 is 4.74 Å². The molecule has 0 aliphatic carbocycles. The van der Waals surface area contributed by atoms with Crippen LogP contribution in [0.2, 0.25) is 0 Å². The molecule has 0 aromatic rings. The fraction of sp³-hybridized carbons (Fsp3) is 1.00. The van der Waals surface area contributed by atoms with Gasteiger partial charge in [0, 0.05) is 19.8 Å². The Morgan fingerprint density at radius 1 is 1.28 bits per heavy atom. The zero-order chi connectivity index (χ0) is 13.6. The van der Waals surface area contributed by atoms with Crippen LogP contribution < -0.4 is 5.32 Å². The van der Waals surface area contributed by atoms with Crippen LogP contribution in [-0.2, 0) is 4.74 Å². The Balaban J connectivity index is 2.25. The molecular formula is C15H32N2O. The lowest BCUT2D eigenvalue weighted by molar-refractivity contribution is 0.0951. The second-order valence-electron chi connectivity index (χ2n) is 6.74. The third kappa shape index (κ3) is 5.25. The molecule has 0 aromatic carbocycles. The van der Waals surface area contributed by atoms with Gasteiger partial charge in [-0.2, -0.15) is 0 Å². The van der Waals surface area contributed by atoms with Crippen LogP contribution >= 0.6 is 0 Å². The van der Waals surface area contributed by atoms with E-state index in [0.29, 0.717) is 11.5 Å². The molecule has 0 bridgehead atoms. The molecule has 18 heavy (non-hydrogen) atoms. The van der Waals surface area contributed by atoms with Crippen LogP contribution in [0.25, 0.3) is 0 Å². The average Bonchev–Trinajstić information content (AvgIpc) is 2.30. The van der Waals surface area contributed by atoms with Crippen molar-refractivity contribution in [1.29, 1.82) is 0 Å². The lowest BCUT2D eigenvalue weighted by atomic mass is 9.84. The van der Waals surface area contributed by atoms with E-state index < -0.39 is 0 Å². The molecule has 1 aliphatic rings. The Labute approximate surface area is 113 Å². The van der Waals surface area contributed by atoms with Crippen molar-refractivity contribution in [2.45, 2.75) is 46.1 Å². The highest BCUT2D eigenvalue weighted by Crippen LogP contribution is 2.23. The van der Waals surface area contributed by atoms with Crippen molar-refractivity contribution >= 4 is 0 Å². The van der Waals surface area contributed by atoms with Crippen LogP contribution in [0.4, 0.5) is 0 Å². The van der Waals surface area contributed by atoms with E-state index >= 15 is 0 Å². The number of piperidine rings is 1. The minimum atomic E-state index is 0.350. The number of methoxy groups -OCH3 is 1. The topological polar surface area (TPSA) is 24.5 Å². The molecule has 1 unspecified atom stereocenters. The highest BCUT2D eigenvalue weighted by Gasteiger charge is 2.24. The second kappa shape index (κ2) is 7.46. The maximum absolute atomic E-state index is 5.25. The standard InChI is InChI=1S/C15H32N2O/c1-15(2,3)14(16-4)8-11-17-9-6-13(7-10-17)12-18-5/h13-14,16H,6-12H2,1-5H3. The molecule has 0 spiro atoms. The Bertz CT molecular complexity index is 217. The summed E-state index contributed by atoms with van der Waals surface area (Å²) in [5.41, 5.74) is 0.350. The lowest BCUT2D eigenvalue weighted by Gasteiger charge is -2.35. The van der Waals surface area contributed by atoms with Crippen molar-refractivity contribution in [2.24, 2.45) is 11.3 Å². The molecule has 1 atom stereocenters. The van der Waals surface area contributed by atoms with E-state index in [2.05, 4.69) is 38.0 Å². The number of nitrogens with zero attached hydrogens (tertiary/aromatic N) is 1. The Morgan fingerprint density at radius 2 is 1.89 bits per heavy atom. The molecule has 0 saturated carbocycles. The van der Waals surface area contributed by atoms with Gasteiger partial charge >= 0.3 is 0 Å². The maximum atomic E-state index is 5.25. The van der Waals surface area contributed by atoms with E-state index in [1.807, 2.05) is 7.11 Å². The number of likely N-dealkylation sites (tertiary alicyclic amines) is 1. The van der Waals surface area contributed by atoms with E-state index in [1.165, 1.54) is 38.9 Å². The highest BCUT2D eigenvalue weighted by atomic mass is 16.5. The predicted molar refractivity (Wildman–Crippen MR) is 78.0 cm³/mol. The summed E-state index contributed by atoms with van der Waals surface area (Å²) in [6.07, 6.45) is 3.84. The summed E-state index contributed by atoms with van der Waals surface area (Å²) in [5.74, 6) is 0.786. The van der Waals surface area contributed by atoms with Gasteiger partial charge in [-0.3, -0.25) is 0 Å². The Kier molecular flexibility index (Phi) is 6.61. The van der Waals surface area contributed by atoms with Crippen LogP contribution in [0, 0.1) is 11.3 Å². The summed E-state index contributed by atoms with van der Waals surface area (Å²) >= 11 is 0. The molecule has 1 saturated heterocycles. The van der Waals surface area contributed by atoms with Crippen LogP contribution in [0.3, 0.4) is 0 Å². The zero-order valence-electron chi connectivity index (χ0n) is 13.0. The second-order valence-corrected chi connectivity index (χ2v) is 6.74. The van der Waals surface area contributed by atoms with Gasteiger partial charge in [0.05, 0.1) is 0 Å². The fourth-order valence-corrected chi connectivity index (χ4v) is 2.93. The van der Waals surface area contributed by atoms with Gasteiger partial charge < -0.3 is 15.0 Å². The number of nitrogens with one attached hydrogen (secondary N) is 1. The van der Waals surface area contributed by atoms with Gasteiger partial charge in [-0.1, -0.05) is 20.8 Å². The summed E-state index contributed by atoms with van der Waals surface area (Å²) in [6, 6.07) is 0.606. The average molecular weight is 256 g/mol. The normalized spacial score (nSPS) is 21.2. The summed E-state index contributed by atoms with van der Waals surface area (Å²) in [5, 5.41) is 3.46. The molecule has 0 amide bonds. The minimum Gasteiger partial charge on any atom is -0.384 e. The number of hydrogen-bond donors (Lipinski definition) is 1. The predicted octanol–water partition coefficient (Wildman–Crippen LogP) is 2.37. The van der Waals surface area contributed by atoms with Crippen LogP contribution in [0.1, 0.15) is 40.0 Å². The molecule has 0 aromatic heterocycles. The zero-order valence-corrected chi connectivity index (χ0v) is 13.0. The number of ether oxygens (including phenoxy) is 1. The number of hydrogen-bond acceptors (Lipinski definition) is 3. The van der Waals surface area contributed by atoms with Gasteiger partial charge in [-0.05, 0) is 57.3 Å². The molecule has 1 fully saturated rings. The molecule has 3 heteroatoms. The smallest absolute Gasteiger partial charge is 0.0491 e. The van der Waals surface area contributed by atoms with E-state index in [1.54, 1.807) is 0 Å². The molecule has 1 N–H and O–H groups in total. The van der Waals surface area contributed by atoms with Crippen molar-refractivity contribution in [3.8, 4) is 0 Å². The maximum Gasteiger partial charge on any atom is 0.0491 e. The minimum absolute atomic E-state index is 0.350. The van der Waals surface area contributed by atoms with E-state index in [0.717, 1.165) is 12.5 Å². The molecule has 0 radical (unpaired) electrons. The molecular weight excluding hydrogens is 224 g/mol. The van der Waals surface area contributed by atoms with E-state index in [-0.39, 0.29) is 0 Å². The van der Waals surface area contributed by atoms with Crippen LogP contribution in [-0.4, -0.2) is 51.3 Å². The van der Waals surface area contributed by atoms with Crippen LogP contribution in [0.5, 0.6) is 0 Å². The van der Waals surface area contributed by atoms with Crippen molar-refractivity contribution in [3.05, 3.63) is 0 Å². The Hall–Kier alpha value is -0.120. The van der Waals surface area contributed by atoms with E-state index in [4.69, 9.17) is 4.74 Å². The Morgan fingerprint density at radius 3 is 2.33 bits per heavy atom. The molecule has 3 nitrogen and oxygen atoms in total. The lowest BCUT2D eigenvalue weighted by Crippen LogP contribution is -2.43. The SMILES string of the molecule is CNC(CCN1CCC(COC)CC1)C(C)(C)C. The summed E-state index contributed by atoms with van der Waals surface area (Å²) < 4.78 is 5.25. The fourth-order valence-electron chi connectivity index (χ4n) is 2.93. The summed E-state index contributed by atoms with van der Waals surface area (Å²) in [7, 11) is 3.90. The summed E-state index contributed by atoms with van der Waals surface area (Å²) in [4.78, 5) is 2.61. The third-order valence-corrected chi connectivity index (χ3v) is 4.24. The monoisotopic (exact) mass is 256 g/mol. The van der Waals surface area contributed by atoms with Gasteiger partial charge in [-0.25, -0.2) is 0 Å². The van der Waals surface area contributed by atoms with Crippen molar-refractivity contribution in [1.82, 2.24) is 10.2 Å². The highest BCUT2D eigenvalue weighted by molar-refractivity contribution is 4.81. The molecule has 1 rings (SSSR count). The van der Waals surface area contributed by atoms with Gasteiger partial charge in [0.15, 0.2) is 0 Å². The van der Waals surface area contributed by atoms with E-state index in [9.17, 15) is 0 Å². The molecule has 1 aliphatic heterocycles. The largest absolute Gasteiger partial charge is 0.384 e.